The van der Waals surface area contributed by atoms with E-state index in [9.17, 15) is 4.79 Å². The number of hydrogen-bond acceptors (Lipinski definition) is 4. The Balaban J connectivity index is 2.91. The topological polar surface area (TPSA) is 73.6 Å². The summed E-state index contributed by atoms with van der Waals surface area (Å²) in [6, 6.07) is 4.76. The summed E-state index contributed by atoms with van der Waals surface area (Å²) in [6.07, 6.45) is 0. The summed E-state index contributed by atoms with van der Waals surface area (Å²) in [5.74, 6) is 1.35. The van der Waals surface area contributed by atoms with Crippen molar-refractivity contribution in [3.63, 3.8) is 0 Å². The van der Waals surface area contributed by atoms with Crippen molar-refractivity contribution in [1.82, 2.24) is 5.32 Å². The lowest BCUT2D eigenvalue weighted by molar-refractivity contribution is -0.123. The van der Waals surface area contributed by atoms with Crippen molar-refractivity contribution in [2.75, 3.05) is 14.2 Å². The molecule has 1 unspecified atom stereocenters. The average Bonchev–Trinajstić information content (AvgIpc) is 2.45. The standard InChI is InChI=1S/C15H24N2O3/c1-9(2)14(16)15(18)17-10(3)12-8-11(19-4)6-7-13(12)20-5/h6-10,14H,16H2,1-5H3,(H,17,18)/t10?,14-/m0/s1. The fourth-order valence-electron chi connectivity index (χ4n) is 1.87. The summed E-state index contributed by atoms with van der Waals surface area (Å²) in [7, 11) is 3.20. The molecule has 5 heteroatoms. The lowest BCUT2D eigenvalue weighted by atomic mass is 10.0. The molecule has 1 aromatic rings. The first kappa shape index (κ1) is 16.3. The maximum atomic E-state index is 12.0. The van der Waals surface area contributed by atoms with Crippen LogP contribution in [0.15, 0.2) is 18.2 Å². The SMILES string of the molecule is COc1ccc(OC)c(C(C)NC(=O)[C@@H](N)C(C)C)c1. The van der Waals surface area contributed by atoms with Crippen LogP contribution in [-0.2, 0) is 4.79 Å². The molecule has 0 aromatic heterocycles. The Bertz CT molecular complexity index is 460. The molecule has 0 aliphatic heterocycles. The number of nitrogens with two attached hydrogens (primary N) is 1. The van der Waals surface area contributed by atoms with E-state index in [0.29, 0.717) is 5.75 Å². The van der Waals surface area contributed by atoms with Gasteiger partial charge < -0.3 is 20.5 Å². The predicted molar refractivity (Wildman–Crippen MR) is 78.9 cm³/mol. The lowest BCUT2D eigenvalue weighted by Crippen LogP contribution is -2.44. The monoisotopic (exact) mass is 280 g/mol. The van der Waals surface area contributed by atoms with Gasteiger partial charge in [-0.2, -0.15) is 0 Å². The Morgan fingerprint density at radius 1 is 1.20 bits per heavy atom. The Morgan fingerprint density at radius 3 is 2.35 bits per heavy atom. The van der Waals surface area contributed by atoms with E-state index in [1.165, 1.54) is 0 Å². The molecular weight excluding hydrogens is 256 g/mol. The van der Waals surface area contributed by atoms with E-state index < -0.39 is 6.04 Å². The second-order valence-electron chi connectivity index (χ2n) is 5.11. The molecule has 5 nitrogen and oxygen atoms in total. The van der Waals surface area contributed by atoms with Gasteiger partial charge in [-0.1, -0.05) is 13.8 Å². The van der Waals surface area contributed by atoms with Gasteiger partial charge in [-0.15, -0.1) is 0 Å². The molecule has 112 valence electrons. The van der Waals surface area contributed by atoms with Crippen LogP contribution in [-0.4, -0.2) is 26.2 Å². The van der Waals surface area contributed by atoms with Gasteiger partial charge in [0.25, 0.3) is 0 Å². The molecule has 0 bridgehead atoms. The molecule has 0 fully saturated rings. The van der Waals surface area contributed by atoms with Gasteiger partial charge in [0.2, 0.25) is 5.91 Å². The van der Waals surface area contributed by atoms with E-state index in [1.807, 2.05) is 39.0 Å². The molecule has 1 amide bonds. The Hall–Kier alpha value is -1.75. The fourth-order valence-corrected chi connectivity index (χ4v) is 1.87. The van der Waals surface area contributed by atoms with E-state index in [4.69, 9.17) is 15.2 Å². The molecule has 20 heavy (non-hydrogen) atoms. The van der Waals surface area contributed by atoms with Crippen LogP contribution in [0.2, 0.25) is 0 Å². The van der Waals surface area contributed by atoms with Gasteiger partial charge in [-0.3, -0.25) is 4.79 Å². The number of rotatable bonds is 6. The molecule has 0 saturated heterocycles. The van der Waals surface area contributed by atoms with Crippen LogP contribution in [0.25, 0.3) is 0 Å². The van der Waals surface area contributed by atoms with E-state index in [2.05, 4.69) is 5.32 Å². The predicted octanol–water partition coefficient (Wildman–Crippen LogP) is 1.86. The number of hydrogen-bond donors (Lipinski definition) is 2. The zero-order valence-electron chi connectivity index (χ0n) is 12.8. The zero-order chi connectivity index (χ0) is 15.3. The van der Waals surface area contributed by atoms with E-state index >= 15 is 0 Å². The Labute approximate surface area is 120 Å². The number of carbonyl (C=O) groups is 1. The molecule has 0 saturated carbocycles. The summed E-state index contributed by atoms with van der Waals surface area (Å²) in [5, 5.41) is 2.90. The van der Waals surface area contributed by atoms with Crippen LogP contribution in [0.3, 0.4) is 0 Å². The normalized spacial score (nSPS) is 13.8. The number of ether oxygens (including phenoxy) is 2. The highest BCUT2D eigenvalue weighted by Gasteiger charge is 2.21. The number of carbonyl (C=O) groups excluding carboxylic acids is 1. The molecule has 2 atom stereocenters. The first-order valence-corrected chi connectivity index (χ1v) is 6.68. The maximum Gasteiger partial charge on any atom is 0.237 e. The van der Waals surface area contributed by atoms with Gasteiger partial charge in [0, 0.05) is 5.56 Å². The smallest absolute Gasteiger partial charge is 0.237 e. The van der Waals surface area contributed by atoms with E-state index in [-0.39, 0.29) is 17.9 Å². The van der Waals surface area contributed by atoms with Crippen molar-refractivity contribution in [2.24, 2.45) is 11.7 Å². The van der Waals surface area contributed by atoms with Gasteiger partial charge in [-0.25, -0.2) is 0 Å². The first-order chi connectivity index (χ1) is 9.40. The van der Waals surface area contributed by atoms with Gasteiger partial charge in [-0.05, 0) is 31.0 Å². The fraction of sp³-hybridized carbons (Fsp3) is 0.533. The van der Waals surface area contributed by atoms with Crippen molar-refractivity contribution < 1.29 is 14.3 Å². The number of amides is 1. The molecular formula is C15H24N2O3. The van der Waals surface area contributed by atoms with Crippen molar-refractivity contribution in [3.05, 3.63) is 23.8 Å². The van der Waals surface area contributed by atoms with Crippen molar-refractivity contribution in [3.8, 4) is 11.5 Å². The number of nitrogens with one attached hydrogen (secondary N) is 1. The second-order valence-corrected chi connectivity index (χ2v) is 5.11. The highest BCUT2D eigenvalue weighted by atomic mass is 16.5. The molecule has 0 spiro atoms. The zero-order valence-corrected chi connectivity index (χ0v) is 12.8. The van der Waals surface area contributed by atoms with Gasteiger partial charge in [0.1, 0.15) is 11.5 Å². The van der Waals surface area contributed by atoms with Gasteiger partial charge in [0.15, 0.2) is 0 Å². The first-order valence-electron chi connectivity index (χ1n) is 6.68. The largest absolute Gasteiger partial charge is 0.497 e. The molecule has 1 rings (SSSR count). The summed E-state index contributed by atoms with van der Waals surface area (Å²) < 4.78 is 10.5. The second kappa shape index (κ2) is 7.14. The summed E-state index contributed by atoms with van der Waals surface area (Å²) >= 11 is 0. The molecule has 0 radical (unpaired) electrons. The van der Waals surface area contributed by atoms with Gasteiger partial charge in [0.05, 0.1) is 26.3 Å². The van der Waals surface area contributed by atoms with Gasteiger partial charge >= 0.3 is 0 Å². The van der Waals surface area contributed by atoms with Crippen molar-refractivity contribution in [1.29, 1.82) is 0 Å². The molecule has 3 N–H and O–H groups in total. The maximum absolute atomic E-state index is 12.0. The van der Waals surface area contributed by atoms with E-state index in [0.717, 1.165) is 11.3 Å². The van der Waals surface area contributed by atoms with Crippen LogP contribution in [0, 0.1) is 5.92 Å². The van der Waals surface area contributed by atoms with Crippen LogP contribution < -0.4 is 20.5 Å². The molecule has 1 aromatic carbocycles. The third-order valence-electron chi connectivity index (χ3n) is 3.28. The van der Waals surface area contributed by atoms with E-state index in [1.54, 1.807) is 14.2 Å². The average molecular weight is 280 g/mol. The van der Waals surface area contributed by atoms with Crippen molar-refractivity contribution in [2.45, 2.75) is 32.9 Å². The lowest BCUT2D eigenvalue weighted by Gasteiger charge is -2.21. The van der Waals surface area contributed by atoms with Crippen LogP contribution in [0.5, 0.6) is 11.5 Å². The Kier molecular flexibility index (Phi) is 5.82. The van der Waals surface area contributed by atoms with Crippen molar-refractivity contribution >= 4 is 5.91 Å². The minimum Gasteiger partial charge on any atom is -0.497 e. The minimum absolute atomic E-state index is 0.0920. The highest BCUT2D eigenvalue weighted by molar-refractivity contribution is 5.82. The minimum atomic E-state index is -0.519. The Morgan fingerprint density at radius 2 is 1.85 bits per heavy atom. The summed E-state index contributed by atoms with van der Waals surface area (Å²) in [6.45, 7) is 5.73. The van der Waals surface area contributed by atoms with Crippen LogP contribution in [0.1, 0.15) is 32.4 Å². The van der Waals surface area contributed by atoms with Crippen LogP contribution in [0.4, 0.5) is 0 Å². The third-order valence-corrected chi connectivity index (χ3v) is 3.28. The summed E-state index contributed by atoms with van der Waals surface area (Å²) in [5.41, 5.74) is 6.70. The van der Waals surface area contributed by atoms with Crippen LogP contribution >= 0.6 is 0 Å². The number of benzene rings is 1. The number of methoxy groups -OCH3 is 2. The third kappa shape index (κ3) is 3.87. The highest BCUT2D eigenvalue weighted by Crippen LogP contribution is 2.29. The molecule has 0 heterocycles. The molecule has 0 aliphatic rings. The quantitative estimate of drug-likeness (QED) is 0.834. The molecule has 0 aliphatic carbocycles. The summed E-state index contributed by atoms with van der Waals surface area (Å²) in [4.78, 5) is 12.0.